The van der Waals surface area contributed by atoms with Crippen LogP contribution in [-0.4, -0.2) is 63.0 Å². The molecule has 1 aromatic heterocycles. The second-order valence-corrected chi connectivity index (χ2v) is 15.5. The Morgan fingerprint density at radius 3 is 1.87 bits per heavy atom. The third kappa shape index (κ3) is 9.27. The van der Waals surface area contributed by atoms with Gasteiger partial charge in [-0.15, -0.1) is 0 Å². The van der Waals surface area contributed by atoms with Crippen LogP contribution in [0.4, 0.5) is 11.4 Å². The molecule has 5 aliphatic rings. The fraction of sp³-hybridized carbons (Fsp3) is 0.357. The molecule has 0 saturated carbocycles. The van der Waals surface area contributed by atoms with Gasteiger partial charge in [0.15, 0.2) is 6.04 Å². The number of nitrogens with one attached hydrogen (secondary N) is 4. The van der Waals surface area contributed by atoms with Crippen LogP contribution in [0.15, 0.2) is 78.9 Å². The van der Waals surface area contributed by atoms with Crippen LogP contribution in [0.3, 0.4) is 0 Å². The Balaban J connectivity index is 0.000000130. The van der Waals surface area contributed by atoms with E-state index in [9.17, 15) is 28.8 Å². The molecule has 6 heterocycles. The molecule has 0 spiro atoms. The molecule has 9 rings (SSSR count). The standard InChI is InChI=1S/C14H16N2O2.C14H14N2O2.C9H10N.C5H6BrNO2/c2*1-9-8-10-4-2-3-5-11(10)16(9)12-6-7-13(17)15-14(12)18;1-7-6-8-4-2-3-5-9(8)10-7;6-3-1-2-4(8)7-5(3)9/h2-5,9,12H,6-8H2,1H3,(H,15,17,18);2-5,8,12H,6-7H2,1H3,(H,15,17,18);2-5,7,10H,1,6H2;3H,1-2H2,(H,7,8,9)/q;;+1;. The molecule has 0 bridgehead atoms. The Hall–Kier alpha value is -5.43. The lowest BCUT2D eigenvalue weighted by molar-refractivity contribution is -0.136. The van der Waals surface area contributed by atoms with Gasteiger partial charge < -0.3 is 14.8 Å². The van der Waals surface area contributed by atoms with E-state index in [2.05, 4.69) is 92.3 Å². The summed E-state index contributed by atoms with van der Waals surface area (Å²) in [5, 5.41) is 11.5. The SMILES string of the molecule is CC1Cc2ccccc2N1C1CCC(=O)NC1=O.Cc1cc2ccccc2n1C1CCC(=O)NC1=O.O=C1CCC(Br)C(=O)N1.[CH2+]C1Cc2ccccc2N1. The average molecular weight is 811 g/mol. The fourth-order valence-corrected chi connectivity index (χ4v) is 8.05. The lowest BCUT2D eigenvalue weighted by atomic mass is 10.0. The molecule has 3 saturated heterocycles. The van der Waals surface area contributed by atoms with E-state index in [1.807, 2.05) is 54.0 Å². The van der Waals surface area contributed by atoms with Gasteiger partial charge >= 0.3 is 0 Å². The number of anilines is 2. The van der Waals surface area contributed by atoms with Crippen molar-refractivity contribution in [1.29, 1.82) is 0 Å². The van der Waals surface area contributed by atoms with Crippen molar-refractivity contribution in [1.82, 2.24) is 20.5 Å². The van der Waals surface area contributed by atoms with Crippen molar-refractivity contribution in [3.8, 4) is 0 Å². The molecule has 6 amide bonds. The molecule has 5 unspecified atom stereocenters. The topological polar surface area (TPSA) is 159 Å². The van der Waals surface area contributed by atoms with Gasteiger partial charge in [-0.3, -0.25) is 44.7 Å². The van der Waals surface area contributed by atoms with Gasteiger partial charge in [0.1, 0.15) is 12.1 Å². The molecule has 5 aliphatic heterocycles. The summed E-state index contributed by atoms with van der Waals surface area (Å²) in [7, 11) is 0. The number of para-hydroxylation sites is 3. The third-order valence-corrected chi connectivity index (χ3v) is 11.2. The van der Waals surface area contributed by atoms with E-state index in [1.165, 1.54) is 16.8 Å². The second kappa shape index (κ2) is 17.4. The van der Waals surface area contributed by atoms with E-state index in [0.717, 1.165) is 35.1 Å². The number of rotatable bonds is 2. The van der Waals surface area contributed by atoms with Crippen molar-refractivity contribution in [2.24, 2.45) is 0 Å². The van der Waals surface area contributed by atoms with Gasteiger partial charge in [-0.1, -0.05) is 70.5 Å². The van der Waals surface area contributed by atoms with E-state index in [0.29, 0.717) is 50.6 Å². The molecular weight excluding hydrogens is 764 g/mol. The maximum absolute atomic E-state index is 12.0. The molecule has 0 radical (unpaired) electrons. The summed E-state index contributed by atoms with van der Waals surface area (Å²) in [6.45, 7) is 8.06. The Morgan fingerprint density at radius 2 is 1.24 bits per heavy atom. The van der Waals surface area contributed by atoms with Crippen LogP contribution < -0.4 is 26.2 Å². The normalized spacial score (nSPS) is 24.0. The number of alkyl halides is 1. The summed E-state index contributed by atoms with van der Waals surface area (Å²) in [5.41, 5.74) is 7.16. The van der Waals surface area contributed by atoms with Crippen LogP contribution in [0.2, 0.25) is 0 Å². The highest BCUT2D eigenvalue weighted by molar-refractivity contribution is 9.10. The molecule has 5 atom stereocenters. The van der Waals surface area contributed by atoms with Gasteiger partial charge in [0.2, 0.25) is 35.4 Å². The summed E-state index contributed by atoms with van der Waals surface area (Å²) in [4.78, 5) is 69.4. The van der Waals surface area contributed by atoms with Crippen molar-refractivity contribution in [3.05, 3.63) is 103 Å². The molecule has 4 N–H and O–H groups in total. The van der Waals surface area contributed by atoms with E-state index < -0.39 is 0 Å². The molecule has 3 fully saturated rings. The minimum atomic E-state index is -0.275. The lowest BCUT2D eigenvalue weighted by Crippen LogP contribution is -2.54. The third-order valence-electron chi connectivity index (χ3n) is 10.3. The summed E-state index contributed by atoms with van der Waals surface area (Å²) in [6, 6.07) is 26.8. The van der Waals surface area contributed by atoms with Crippen molar-refractivity contribution in [3.63, 3.8) is 0 Å². The van der Waals surface area contributed by atoms with E-state index in [4.69, 9.17) is 0 Å². The molecule has 3 aromatic carbocycles. The van der Waals surface area contributed by atoms with Gasteiger partial charge in [-0.25, -0.2) is 0 Å². The molecule has 0 aliphatic carbocycles. The Bertz CT molecular complexity index is 2090. The molecule has 12 nitrogen and oxygen atoms in total. The fourth-order valence-electron chi connectivity index (χ4n) is 7.71. The number of amides is 6. The first-order valence-corrected chi connectivity index (χ1v) is 19.6. The van der Waals surface area contributed by atoms with E-state index >= 15 is 0 Å². The van der Waals surface area contributed by atoms with Gasteiger partial charge in [0.05, 0.1) is 11.8 Å². The predicted octanol–water partition coefficient (Wildman–Crippen LogP) is 5.21. The van der Waals surface area contributed by atoms with Crippen LogP contribution in [0.25, 0.3) is 10.9 Å². The average Bonchev–Trinajstić information content (AvgIpc) is 3.81. The zero-order valence-corrected chi connectivity index (χ0v) is 32.6. The number of piperidine rings is 3. The number of carbonyl (C=O) groups excluding carboxylic acids is 6. The first-order valence-electron chi connectivity index (χ1n) is 18.6. The summed E-state index contributed by atoms with van der Waals surface area (Å²) < 4.78 is 2.02. The Labute approximate surface area is 328 Å². The quantitative estimate of drug-likeness (QED) is 0.122. The van der Waals surface area contributed by atoms with Crippen molar-refractivity contribution in [2.45, 2.75) is 94.2 Å². The highest BCUT2D eigenvalue weighted by atomic mass is 79.9. The van der Waals surface area contributed by atoms with Crippen LogP contribution in [0, 0.1) is 13.8 Å². The molecule has 55 heavy (non-hydrogen) atoms. The predicted molar refractivity (Wildman–Crippen MR) is 214 cm³/mol. The minimum absolute atomic E-state index is 0.156. The minimum Gasteiger partial charge on any atom is -0.356 e. The lowest BCUT2D eigenvalue weighted by Gasteiger charge is -2.35. The number of imide groups is 3. The first kappa shape index (κ1) is 39.3. The summed E-state index contributed by atoms with van der Waals surface area (Å²) in [5.74, 6) is -1.07. The number of hydrogen-bond donors (Lipinski definition) is 4. The second-order valence-electron chi connectivity index (χ2n) is 14.4. The van der Waals surface area contributed by atoms with Crippen molar-refractivity contribution in [2.75, 3.05) is 10.2 Å². The van der Waals surface area contributed by atoms with Gasteiger partial charge in [0, 0.05) is 54.3 Å². The van der Waals surface area contributed by atoms with E-state index in [1.54, 1.807) is 0 Å². The summed E-state index contributed by atoms with van der Waals surface area (Å²) >= 11 is 3.12. The van der Waals surface area contributed by atoms with Crippen molar-refractivity contribution < 1.29 is 28.8 Å². The highest BCUT2D eigenvalue weighted by Crippen LogP contribution is 2.35. The highest BCUT2D eigenvalue weighted by Gasteiger charge is 2.38. The first-order chi connectivity index (χ1) is 26.4. The molecular formula is C42H46BrN6O6+. The molecule has 4 aromatic rings. The Kier molecular flexibility index (Phi) is 12.4. The maximum Gasteiger partial charge on any atom is 0.249 e. The monoisotopic (exact) mass is 809 g/mol. The van der Waals surface area contributed by atoms with E-state index in [-0.39, 0.29) is 52.4 Å². The van der Waals surface area contributed by atoms with Gasteiger partial charge in [-0.2, -0.15) is 0 Å². The smallest absolute Gasteiger partial charge is 0.249 e. The van der Waals surface area contributed by atoms with Crippen molar-refractivity contribution >= 4 is 73.7 Å². The number of benzene rings is 3. The van der Waals surface area contributed by atoms with Gasteiger partial charge in [-0.05, 0) is 80.3 Å². The van der Waals surface area contributed by atoms with Gasteiger partial charge in [0.25, 0.3) is 0 Å². The zero-order chi connectivity index (χ0) is 39.2. The number of aromatic nitrogens is 1. The van der Waals surface area contributed by atoms with Crippen LogP contribution in [0.1, 0.15) is 68.3 Å². The number of carbonyl (C=O) groups is 6. The zero-order valence-electron chi connectivity index (χ0n) is 31.0. The largest absolute Gasteiger partial charge is 0.356 e. The van der Waals surface area contributed by atoms with Crippen LogP contribution in [-0.2, 0) is 41.6 Å². The number of fused-ring (bicyclic) bond motifs is 3. The van der Waals surface area contributed by atoms with Crippen LogP contribution in [0.5, 0.6) is 0 Å². The number of nitrogens with zero attached hydrogens (tertiary/aromatic N) is 2. The number of halogens is 1. The molecule has 13 heteroatoms. The number of aryl methyl sites for hydroxylation is 1. The van der Waals surface area contributed by atoms with Crippen LogP contribution >= 0.6 is 15.9 Å². The number of hydrogen-bond acceptors (Lipinski definition) is 8. The summed E-state index contributed by atoms with van der Waals surface area (Å²) in [6.07, 6.45) is 5.12. The molecule has 286 valence electrons. The Morgan fingerprint density at radius 1 is 0.673 bits per heavy atom. The maximum atomic E-state index is 12.0.